The van der Waals surface area contributed by atoms with Crippen molar-refractivity contribution in [2.24, 2.45) is 0 Å². The van der Waals surface area contributed by atoms with Crippen molar-refractivity contribution >= 4 is 28.9 Å². The molecule has 0 spiro atoms. The van der Waals surface area contributed by atoms with Crippen LogP contribution in [0.15, 0.2) is 36.4 Å². The smallest absolute Gasteiger partial charge is 0.348 e. The largest absolute Gasteiger partial charge is 0.459 e. The Balaban J connectivity index is 1.52. The molecule has 3 rings (SSSR count). The minimum absolute atomic E-state index is 0.0253. The Morgan fingerprint density at radius 2 is 1.91 bits per heavy atom. The molecule has 1 N–H and O–H groups in total. The summed E-state index contributed by atoms with van der Waals surface area (Å²) in [5, 5.41) is 10.5. The van der Waals surface area contributed by atoms with Gasteiger partial charge >= 0.3 is 5.97 Å². The van der Waals surface area contributed by atoms with Crippen LogP contribution in [0.3, 0.4) is 0 Å². The van der Waals surface area contributed by atoms with E-state index in [0.29, 0.717) is 24.5 Å². The van der Waals surface area contributed by atoms with Crippen LogP contribution in [-0.2, 0) is 20.9 Å². The quantitative estimate of drug-likeness (QED) is 0.276. The van der Waals surface area contributed by atoms with Crippen LogP contribution in [0.25, 0.3) is 0 Å². The molecule has 2 atom stereocenters. The van der Waals surface area contributed by atoms with Crippen molar-refractivity contribution < 1.29 is 24.2 Å². The number of carbonyl (C=O) groups excluding carboxylic acids is 2. The van der Waals surface area contributed by atoms with E-state index in [0.717, 1.165) is 41.8 Å². The van der Waals surface area contributed by atoms with Gasteiger partial charge in [-0.3, -0.25) is 4.79 Å². The van der Waals surface area contributed by atoms with Crippen LogP contribution in [0.1, 0.15) is 91.9 Å². The molecular weight excluding hydrogens is 450 g/mol. The summed E-state index contributed by atoms with van der Waals surface area (Å²) >= 11 is 1.37. The Morgan fingerprint density at radius 1 is 1.15 bits per heavy atom. The maximum atomic E-state index is 12.6. The van der Waals surface area contributed by atoms with Crippen molar-refractivity contribution in [1.29, 1.82) is 0 Å². The van der Waals surface area contributed by atoms with Gasteiger partial charge in [-0.05, 0) is 56.5 Å². The Bertz CT molecular complexity index is 923. The van der Waals surface area contributed by atoms with Gasteiger partial charge in [-0.2, -0.15) is 0 Å². The monoisotopic (exact) mass is 487 g/mol. The van der Waals surface area contributed by atoms with Crippen LogP contribution in [-0.4, -0.2) is 35.7 Å². The molecule has 34 heavy (non-hydrogen) atoms. The first-order valence-corrected chi connectivity index (χ1v) is 13.2. The zero-order chi connectivity index (χ0) is 24.5. The normalized spacial score (nSPS) is 16.9. The predicted molar refractivity (Wildman–Crippen MR) is 135 cm³/mol. The minimum Gasteiger partial charge on any atom is -0.459 e. The number of benzene rings is 1. The first-order chi connectivity index (χ1) is 16.4. The predicted octanol–water partition coefficient (Wildman–Crippen LogP) is 6.03. The van der Waals surface area contributed by atoms with Gasteiger partial charge in [-0.15, -0.1) is 11.3 Å². The number of amides is 1. The lowest BCUT2D eigenvalue weighted by molar-refractivity contribution is -0.117. The van der Waals surface area contributed by atoms with Crippen LogP contribution in [0, 0.1) is 0 Å². The van der Waals surface area contributed by atoms with Gasteiger partial charge in [0.05, 0.1) is 31.5 Å². The summed E-state index contributed by atoms with van der Waals surface area (Å²) in [5.74, 6) is -0.218. The number of aliphatic hydroxyl groups is 1. The van der Waals surface area contributed by atoms with Crippen molar-refractivity contribution in [2.75, 3.05) is 11.5 Å². The Labute approximate surface area is 206 Å². The number of rotatable bonds is 13. The molecule has 1 aliphatic rings. The van der Waals surface area contributed by atoms with Crippen LogP contribution < -0.4 is 4.90 Å². The van der Waals surface area contributed by atoms with Crippen molar-refractivity contribution in [2.45, 2.75) is 90.6 Å². The molecule has 2 aromatic rings. The van der Waals surface area contributed by atoms with Gasteiger partial charge in [-0.1, -0.05) is 44.7 Å². The summed E-state index contributed by atoms with van der Waals surface area (Å²) in [6, 6.07) is 11.3. The van der Waals surface area contributed by atoms with Crippen LogP contribution in [0.2, 0.25) is 0 Å². The summed E-state index contributed by atoms with van der Waals surface area (Å²) < 4.78 is 11.2. The molecule has 0 bridgehead atoms. The number of unbranched alkanes of at least 4 members (excludes halogenated alkanes) is 3. The number of ether oxygens (including phenoxy) is 2. The van der Waals surface area contributed by atoms with Crippen LogP contribution in [0.5, 0.6) is 0 Å². The molecule has 1 saturated heterocycles. The summed E-state index contributed by atoms with van der Waals surface area (Å²) in [6.07, 6.45) is 5.94. The standard InChI is InChI=1S/C27H37NO5S/c1-4-5-6-7-8-24(29)20-9-11-21(12-10-20)28-22(13-16-26(28)30)17-32-18-23-14-15-25(34-23)27(31)33-19(2)3/h9-12,14-15,19,22,24,29H,4-8,13,16-18H2,1-3H3. The molecule has 2 unspecified atom stereocenters. The van der Waals surface area contributed by atoms with E-state index in [1.54, 1.807) is 6.07 Å². The number of carbonyl (C=O) groups is 2. The molecule has 1 aliphatic heterocycles. The van der Waals surface area contributed by atoms with Gasteiger partial charge < -0.3 is 19.5 Å². The molecule has 7 heteroatoms. The second-order valence-electron chi connectivity index (χ2n) is 9.15. The maximum Gasteiger partial charge on any atom is 0.348 e. The first-order valence-electron chi connectivity index (χ1n) is 12.4. The molecule has 1 aromatic carbocycles. The third kappa shape index (κ3) is 7.39. The summed E-state index contributed by atoms with van der Waals surface area (Å²) in [4.78, 5) is 27.9. The van der Waals surface area contributed by atoms with E-state index in [1.165, 1.54) is 24.2 Å². The molecule has 1 fully saturated rings. The number of anilines is 1. The van der Waals surface area contributed by atoms with Crippen molar-refractivity contribution in [3.63, 3.8) is 0 Å². The number of hydrogen-bond acceptors (Lipinski definition) is 6. The number of thiophene rings is 1. The van der Waals surface area contributed by atoms with Gasteiger partial charge in [0.2, 0.25) is 5.91 Å². The zero-order valence-electron chi connectivity index (χ0n) is 20.5. The highest BCUT2D eigenvalue weighted by Gasteiger charge is 2.32. The fraction of sp³-hybridized carbons (Fsp3) is 0.556. The fourth-order valence-electron chi connectivity index (χ4n) is 4.18. The number of aliphatic hydroxyl groups excluding tert-OH is 1. The van der Waals surface area contributed by atoms with Crippen molar-refractivity contribution in [1.82, 2.24) is 0 Å². The average Bonchev–Trinajstić information content (AvgIpc) is 3.43. The van der Waals surface area contributed by atoms with E-state index in [4.69, 9.17) is 9.47 Å². The van der Waals surface area contributed by atoms with Gasteiger partial charge in [0, 0.05) is 17.0 Å². The summed E-state index contributed by atoms with van der Waals surface area (Å²) in [5.41, 5.74) is 1.73. The average molecular weight is 488 g/mol. The van der Waals surface area contributed by atoms with E-state index in [-0.39, 0.29) is 24.0 Å². The van der Waals surface area contributed by atoms with E-state index in [9.17, 15) is 14.7 Å². The molecule has 0 saturated carbocycles. The molecule has 0 radical (unpaired) electrons. The SMILES string of the molecule is CCCCCCC(O)c1ccc(N2C(=O)CCC2COCc2ccc(C(=O)OC(C)C)s2)cc1. The molecule has 1 amide bonds. The zero-order valence-corrected chi connectivity index (χ0v) is 21.3. The van der Waals surface area contributed by atoms with Gasteiger partial charge in [-0.25, -0.2) is 4.79 Å². The van der Waals surface area contributed by atoms with E-state index in [1.807, 2.05) is 49.1 Å². The second kappa shape index (κ2) is 13.0. The van der Waals surface area contributed by atoms with Gasteiger partial charge in [0.1, 0.15) is 4.88 Å². The third-order valence-corrected chi connectivity index (χ3v) is 7.01. The minimum atomic E-state index is -0.465. The summed E-state index contributed by atoms with van der Waals surface area (Å²) in [6.45, 7) is 6.65. The number of nitrogens with zero attached hydrogens (tertiary/aromatic N) is 1. The maximum absolute atomic E-state index is 12.6. The van der Waals surface area contributed by atoms with E-state index < -0.39 is 6.10 Å². The van der Waals surface area contributed by atoms with Crippen molar-refractivity contribution in [3.8, 4) is 0 Å². The van der Waals surface area contributed by atoms with Crippen LogP contribution in [0.4, 0.5) is 5.69 Å². The third-order valence-electron chi connectivity index (χ3n) is 5.97. The van der Waals surface area contributed by atoms with E-state index >= 15 is 0 Å². The van der Waals surface area contributed by atoms with E-state index in [2.05, 4.69) is 6.92 Å². The molecule has 2 heterocycles. The molecule has 6 nitrogen and oxygen atoms in total. The first kappa shape index (κ1) is 26.4. The highest BCUT2D eigenvalue weighted by Crippen LogP contribution is 2.29. The Hall–Kier alpha value is -2.22. The molecule has 186 valence electrons. The Morgan fingerprint density at radius 3 is 2.62 bits per heavy atom. The highest BCUT2D eigenvalue weighted by atomic mass is 32.1. The Kier molecular flexibility index (Phi) is 10.1. The summed E-state index contributed by atoms with van der Waals surface area (Å²) in [7, 11) is 0. The molecule has 0 aliphatic carbocycles. The highest BCUT2D eigenvalue weighted by molar-refractivity contribution is 7.13. The topological polar surface area (TPSA) is 76.1 Å². The lowest BCUT2D eigenvalue weighted by Gasteiger charge is -2.25. The van der Waals surface area contributed by atoms with Gasteiger partial charge in [0.25, 0.3) is 0 Å². The second-order valence-corrected chi connectivity index (χ2v) is 10.3. The number of hydrogen-bond donors (Lipinski definition) is 1. The number of esters is 1. The lowest BCUT2D eigenvalue weighted by atomic mass is 10.0. The van der Waals surface area contributed by atoms with Gasteiger partial charge in [0.15, 0.2) is 0 Å². The fourth-order valence-corrected chi connectivity index (χ4v) is 5.01. The molecule has 1 aromatic heterocycles. The van der Waals surface area contributed by atoms with Crippen molar-refractivity contribution in [3.05, 3.63) is 51.7 Å². The molecular formula is C27H37NO5S. The lowest BCUT2D eigenvalue weighted by Crippen LogP contribution is -2.36. The van der Waals surface area contributed by atoms with Crippen LogP contribution >= 0.6 is 11.3 Å².